The monoisotopic (exact) mass is 885 g/mol. The van der Waals surface area contributed by atoms with Crippen LogP contribution in [0.3, 0.4) is 0 Å². The summed E-state index contributed by atoms with van der Waals surface area (Å²) >= 11 is 0. The van der Waals surface area contributed by atoms with E-state index in [0.717, 1.165) is 72.1 Å². The molecular formula is C47H54N4OPt. The van der Waals surface area contributed by atoms with Crippen molar-refractivity contribution in [1.29, 1.82) is 0 Å². The summed E-state index contributed by atoms with van der Waals surface area (Å²) < 4.78 is 11.1. The van der Waals surface area contributed by atoms with Gasteiger partial charge >= 0.3 is 21.1 Å². The fourth-order valence-electron chi connectivity index (χ4n) is 8.15. The van der Waals surface area contributed by atoms with Gasteiger partial charge in [0, 0.05) is 40.4 Å². The van der Waals surface area contributed by atoms with Gasteiger partial charge in [0.25, 0.3) is 0 Å². The van der Waals surface area contributed by atoms with Crippen LogP contribution in [0.1, 0.15) is 120 Å². The van der Waals surface area contributed by atoms with E-state index in [1.54, 1.807) is 0 Å². The molecule has 3 aromatic heterocycles. The third-order valence-corrected chi connectivity index (χ3v) is 11.0. The zero-order valence-corrected chi connectivity index (χ0v) is 35.0. The number of unbranched alkanes of at least 4 members (excludes halogenated alkanes) is 1. The van der Waals surface area contributed by atoms with Gasteiger partial charge in [-0.2, -0.15) is 11.2 Å². The summed E-state index contributed by atoms with van der Waals surface area (Å²) in [6.45, 7) is 18.2. The third-order valence-electron chi connectivity index (χ3n) is 11.0. The molecule has 0 aliphatic heterocycles. The molecule has 0 N–H and O–H groups in total. The minimum absolute atomic E-state index is 0. The molecular weight excluding hydrogens is 832 g/mol. The maximum absolute atomic E-state index is 6.73. The zero-order chi connectivity index (χ0) is 36.5. The molecule has 0 amide bonds. The number of rotatable bonds is 12. The Morgan fingerprint density at radius 2 is 1.74 bits per heavy atom. The molecule has 6 heteroatoms. The first-order chi connectivity index (χ1) is 25.1. The van der Waals surface area contributed by atoms with Crippen molar-refractivity contribution in [2.24, 2.45) is 11.8 Å². The molecule has 3 heterocycles. The summed E-state index contributed by atoms with van der Waals surface area (Å²) in [7, 11) is 0. The second-order valence-corrected chi connectivity index (χ2v) is 15.8. The average molecular weight is 886 g/mol. The molecule has 6 aromatic rings. The van der Waals surface area contributed by atoms with E-state index in [-0.39, 0.29) is 21.1 Å². The predicted molar refractivity (Wildman–Crippen MR) is 215 cm³/mol. The van der Waals surface area contributed by atoms with Gasteiger partial charge in [-0.3, -0.25) is 4.68 Å². The molecule has 53 heavy (non-hydrogen) atoms. The second-order valence-electron chi connectivity index (χ2n) is 15.8. The molecule has 2 atom stereocenters. The second kappa shape index (κ2) is 16.6. The van der Waals surface area contributed by atoms with E-state index in [2.05, 4.69) is 137 Å². The van der Waals surface area contributed by atoms with Crippen molar-refractivity contribution in [1.82, 2.24) is 19.3 Å². The van der Waals surface area contributed by atoms with Gasteiger partial charge in [0.1, 0.15) is 5.82 Å². The van der Waals surface area contributed by atoms with Crippen LogP contribution in [0.4, 0.5) is 0 Å². The molecule has 3 aromatic carbocycles. The zero-order valence-electron chi connectivity index (χ0n) is 32.7. The summed E-state index contributed by atoms with van der Waals surface area (Å²) in [4.78, 5) is 4.85. The number of hydrogen-bond donors (Lipinski definition) is 0. The molecule has 5 nitrogen and oxygen atoms in total. The smallest absolute Gasteiger partial charge is 0.509 e. The normalized spacial score (nSPS) is 16.1. The Morgan fingerprint density at radius 3 is 2.49 bits per heavy atom. The first-order valence-corrected chi connectivity index (χ1v) is 19.5. The van der Waals surface area contributed by atoms with Gasteiger partial charge in [0.15, 0.2) is 0 Å². The van der Waals surface area contributed by atoms with Crippen LogP contribution in [0, 0.1) is 30.9 Å². The Labute approximate surface area is 331 Å². The maximum Gasteiger partial charge on any atom is 2.00 e. The minimum atomic E-state index is 0. The summed E-state index contributed by atoms with van der Waals surface area (Å²) in [5, 5.41) is 7.57. The topological polar surface area (TPSA) is 44.9 Å². The minimum Gasteiger partial charge on any atom is -0.509 e. The summed E-state index contributed by atoms with van der Waals surface area (Å²) in [5.41, 5.74) is 10.8. The van der Waals surface area contributed by atoms with Crippen LogP contribution >= 0.6 is 0 Å². The van der Waals surface area contributed by atoms with Crippen molar-refractivity contribution in [2.45, 2.75) is 112 Å². The SMILES string of the molecule is CCCCc1ccnc(-n2c3[c-]c(Oc4[c-]c(-n5nc(C)c(C6C(C)=CCC[C@@H]6C)c5CCC(C)C)cc(C(C)C)c4)ccc3c3ccccc32)c1.[Pt+2]. The standard InChI is InChI=1S/C47H54N4O.Pt/c1-9-10-16-35-23-24-48-45(25-35)50-42-18-12-11-17-40(42)41-21-20-38(29-44(41)50)52-39-27-36(31(4)5)26-37(28-39)51-43(22-19-30(2)3)47(34(8)49-51)46-32(6)14-13-15-33(46)7;/h11-12,14,17-18,20-21,23-27,30-31,33,46H,9-10,13,15-16,19,22H2,1-8H3;/q-2;+2/t33-,46?;/m0./s1. The third kappa shape index (κ3) is 7.97. The molecule has 0 spiro atoms. The number of fused-ring (bicyclic) bond motifs is 3. The molecule has 1 aliphatic carbocycles. The van der Waals surface area contributed by atoms with Crippen LogP contribution in [0.25, 0.3) is 33.3 Å². The molecule has 1 unspecified atom stereocenters. The molecule has 0 saturated heterocycles. The molecule has 0 bridgehead atoms. The van der Waals surface area contributed by atoms with E-state index < -0.39 is 0 Å². The van der Waals surface area contributed by atoms with Crippen molar-refractivity contribution < 1.29 is 25.8 Å². The van der Waals surface area contributed by atoms with Gasteiger partial charge in [-0.25, -0.2) is 4.98 Å². The molecule has 7 rings (SSSR count). The number of pyridine rings is 1. The average Bonchev–Trinajstić information content (AvgIpc) is 3.63. The summed E-state index contributed by atoms with van der Waals surface area (Å²) in [6.07, 6.45) is 12.2. The first-order valence-electron chi connectivity index (χ1n) is 19.5. The number of para-hydroxylation sites is 1. The van der Waals surface area contributed by atoms with Crippen LogP contribution in [0.15, 0.2) is 78.5 Å². The number of allylic oxidation sites excluding steroid dienone is 2. The van der Waals surface area contributed by atoms with Gasteiger partial charge in [-0.1, -0.05) is 83.3 Å². The van der Waals surface area contributed by atoms with Crippen LogP contribution in [0.5, 0.6) is 11.5 Å². The molecule has 1 aliphatic rings. The van der Waals surface area contributed by atoms with E-state index in [9.17, 15) is 0 Å². The number of aromatic nitrogens is 4. The largest absolute Gasteiger partial charge is 2.00 e. The predicted octanol–water partition coefficient (Wildman–Crippen LogP) is 12.6. The number of hydrogen-bond acceptors (Lipinski definition) is 3. The van der Waals surface area contributed by atoms with E-state index in [4.69, 9.17) is 14.8 Å². The van der Waals surface area contributed by atoms with Crippen LogP contribution in [-0.4, -0.2) is 19.3 Å². The Morgan fingerprint density at radius 1 is 0.925 bits per heavy atom. The number of benzene rings is 3. The van der Waals surface area contributed by atoms with E-state index in [0.29, 0.717) is 35.2 Å². The van der Waals surface area contributed by atoms with Crippen molar-refractivity contribution >= 4 is 21.8 Å². The Balaban J connectivity index is 0.00000481. The van der Waals surface area contributed by atoms with Gasteiger partial charge in [-0.15, -0.1) is 41.3 Å². The van der Waals surface area contributed by atoms with Crippen LogP contribution < -0.4 is 4.74 Å². The van der Waals surface area contributed by atoms with Crippen molar-refractivity contribution in [3.05, 3.63) is 119 Å². The maximum atomic E-state index is 6.73. The fourth-order valence-corrected chi connectivity index (χ4v) is 8.15. The summed E-state index contributed by atoms with van der Waals surface area (Å²) in [6, 6.07) is 28.8. The van der Waals surface area contributed by atoms with Crippen molar-refractivity contribution in [3.8, 4) is 23.0 Å². The number of nitrogens with zero attached hydrogens (tertiary/aromatic N) is 4. The van der Waals surface area contributed by atoms with Crippen LogP contribution in [-0.2, 0) is 33.9 Å². The van der Waals surface area contributed by atoms with Crippen molar-refractivity contribution in [3.63, 3.8) is 0 Å². The molecule has 0 saturated carbocycles. The molecule has 278 valence electrons. The van der Waals surface area contributed by atoms with Crippen molar-refractivity contribution in [2.75, 3.05) is 0 Å². The summed E-state index contributed by atoms with van der Waals surface area (Å²) in [5.74, 6) is 4.09. The van der Waals surface area contributed by atoms with Crippen LogP contribution in [0.2, 0.25) is 0 Å². The Hall–Kier alpha value is -3.95. The quantitative estimate of drug-likeness (QED) is 0.0908. The fraction of sp³-hybridized carbons (Fsp3) is 0.404. The molecule has 0 fully saturated rings. The van der Waals surface area contributed by atoms with Gasteiger partial charge in [-0.05, 0) is 105 Å². The van der Waals surface area contributed by atoms with E-state index in [1.165, 1.54) is 39.8 Å². The van der Waals surface area contributed by atoms with E-state index >= 15 is 0 Å². The Bertz CT molecular complexity index is 2240. The number of ether oxygens (including phenoxy) is 1. The first kappa shape index (κ1) is 38.8. The molecule has 0 radical (unpaired) electrons. The van der Waals surface area contributed by atoms with Gasteiger partial charge < -0.3 is 9.30 Å². The van der Waals surface area contributed by atoms with Gasteiger partial charge in [0.05, 0.1) is 5.69 Å². The number of aryl methyl sites for hydroxylation is 2. The van der Waals surface area contributed by atoms with Gasteiger partial charge in [0.2, 0.25) is 0 Å². The van der Waals surface area contributed by atoms with E-state index in [1.807, 2.05) is 12.3 Å². The Kier molecular flexibility index (Phi) is 12.1.